The second-order valence-corrected chi connectivity index (χ2v) is 7.18. The van der Waals surface area contributed by atoms with Crippen LogP contribution >= 0.6 is 0 Å². The molecule has 0 atom stereocenters. The summed E-state index contributed by atoms with van der Waals surface area (Å²) in [6.45, 7) is 2.23. The molecule has 0 unspecified atom stereocenters. The van der Waals surface area contributed by atoms with Crippen molar-refractivity contribution in [2.24, 2.45) is 0 Å². The minimum absolute atomic E-state index is 0. The van der Waals surface area contributed by atoms with Crippen molar-refractivity contribution in [1.82, 2.24) is 0 Å². The van der Waals surface area contributed by atoms with Crippen LogP contribution in [-0.2, 0) is 19.4 Å². The Labute approximate surface area is 176 Å². The van der Waals surface area contributed by atoms with Gasteiger partial charge in [-0.2, -0.15) is 0 Å². The van der Waals surface area contributed by atoms with E-state index < -0.39 is 16.4 Å². The average molecular weight is 385 g/mol. The first-order chi connectivity index (χ1) is 11.5. The standard InChI is InChI=1S/C18H34O5S.Na/c1-2-3-4-5-6-7-8-9-10-11-12-13-14-15-16-17-18(19)23-24(20,21)22;/h9-10H,2-8,11-17H2,1H3,(H,20,21,22);/q;+1/p-1/b10-9-;. The molecular formula is C18H33NaO5S. The summed E-state index contributed by atoms with van der Waals surface area (Å²) in [5.74, 6) is -0.956. The van der Waals surface area contributed by atoms with Crippen molar-refractivity contribution >= 4 is 16.4 Å². The molecule has 0 saturated carbocycles. The Kier molecular flexibility index (Phi) is 20.7. The Bertz CT molecular complexity index is 435. The van der Waals surface area contributed by atoms with E-state index in [2.05, 4.69) is 23.3 Å². The van der Waals surface area contributed by atoms with Crippen LogP contribution in [0.4, 0.5) is 0 Å². The molecule has 0 N–H and O–H groups in total. The summed E-state index contributed by atoms with van der Waals surface area (Å²) >= 11 is 0. The molecular weight excluding hydrogens is 351 g/mol. The molecule has 0 fully saturated rings. The second-order valence-electron chi connectivity index (χ2n) is 6.20. The van der Waals surface area contributed by atoms with Gasteiger partial charge in [-0.1, -0.05) is 70.4 Å². The van der Waals surface area contributed by atoms with Gasteiger partial charge in [0.25, 0.3) is 10.4 Å². The third-order valence-electron chi connectivity index (χ3n) is 3.84. The van der Waals surface area contributed by atoms with Crippen molar-refractivity contribution in [3.63, 3.8) is 0 Å². The van der Waals surface area contributed by atoms with Crippen LogP contribution < -0.4 is 29.6 Å². The Balaban J connectivity index is 0. The molecule has 0 radical (unpaired) electrons. The third kappa shape index (κ3) is 24.1. The van der Waals surface area contributed by atoms with Crippen molar-refractivity contribution < 1.29 is 51.5 Å². The van der Waals surface area contributed by atoms with Gasteiger partial charge < -0.3 is 8.74 Å². The maximum absolute atomic E-state index is 11.0. The molecule has 0 saturated heterocycles. The summed E-state index contributed by atoms with van der Waals surface area (Å²) in [4.78, 5) is 11.0. The minimum Gasteiger partial charge on any atom is -0.716 e. The van der Waals surface area contributed by atoms with Crippen molar-refractivity contribution in [2.45, 2.75) is 96.8 Å². The Morgan fingerprint density at radius 1 is 0.840 bits per heavy atom. The molecule has 25 heavy (non-hydrogen) atoms. The van der Waals surface area contributed by atoms with Gasteiger partial charge in [-0.3, -0.25) is 4.79 Å². The van der Waals surface area contributed by atoms with E-state index in [0.717, 1.165) is 32.1 Å². The van der Waals surface area contributed by atoms with Crippen molar-refractivity contribution in [3.8, 4) is 0 Å². The molecule has 0 spiro atoms. The maximum Gasteiger partial charge on any atom is 1.00 e. The van der Waals surface area contributed by atoms with Crippen LogP contribution in [0.5, 0.6) is 0 Å². The number of rotatable bonds is 16. The molecule has 7 heteroatoms. The molecule has 0 rings (SSSR count). The fourth-order valence-corrected chi connectivity index (χ4v) is 2.81. The van der Waals surface area contributed by atoms with Gasteiger partial charge in [0.05, 0.1) is 0 Å². The van der Waals surface area contributed by atoms with E-state index >= 15 is 0 Å². The Hall–Kier alpha value is 0.120. The zero-order valence-corrected chi connectivity index (χ0v) is 18.8. The predicted octanol–water partition coefficient (Wildman–Crippen LogP) is 2.03. The second kappa shape index (κ2) is 18.9. The largest absolute Gasteiger partial charge is 1.00 e. The first kappa shape index (κ1) is 27.3. The van der Waals surface area contributed by atoms with Crippen LogP contribution in [0.25, 0.3) is 0 Å². The number of carbonyl (C=O) groups excluding carboxylic acids is 1. The molecule has 0 aliphatic heterocycles. The normalized spacial score (nSPS) is 11.4. The van der Waals surface area contributed by atoms with Crippen molar-refractivity contribution in [1.29, 1.82) is 0 Å². The first-order valence-corrected chi connectivity index (χ1v) is 10.6. The zero-order valence-electron chi connectivity index (χ0n) is 16.0. The van der Waals surface area contributed by atoms with Gasteiger partial charge >= 0.3 is 35.5 Å². The summed E-state index contributed by atoms with van der Waals surface area (Å²) in [6.07, 6.45) is 19.4. The zero-order chi connectivity index (χ0) is 18.1. The minimum atomic E-state index is -4.90. The van der Waals surface area contributed by atoms with Gasteiger partial charge in [0.2, 0.25) is 0 Å². The van der Waals surface area contributed by atoms with Crippen LogP contribution in [0.15, 0.2) is 12.2 Å². The smallest absolute Gasteiger partial charge is 0.716 e. The van der Waals surface area contributed by atoms with Gasteiger partial charge in [-0.15, -0.1) is 0 Å². The van der Waals surface area contributed by atoms with Crippen LogP contribution in [0, 0.1) is 0 Å². The van der Waals surface area contributed by atoms with Crippen LogP contribution in [0.1, 0.15) is 96.8 Å². The fourth-order valence-electron chi connectivity index (χ4n) is 2.50. The third-order valence-corrected chi connectivity index (χ3v) is 4.23. The van der Waals surface area contributed by atoms with Gasteiger partial charge in [0.1, 0.15) is 0 Å². The maximum atomic E-state index is 11.0. The van der Waals surface area contributed by atoms with Gasteiger partial charge in [-0.05, 0) is 32.1 Å². The molecule has 0 bridgehead atoms. The van der Waals surface area contributed by atoms with Crippen LogP contribution in [0.3, 0.4) is 0 Å². The number of allylic oxidation sites excluding steroid dienone is 2. The Morgan fingerprint density at radius 2 is 1.28 bits per heavy atom. The average Bonchev–Trinajstić information content (AvgIpc) is 2.49. The molecule has 0 aliphatic rings. The summed E-state index contributed by atoms with van der Waals surface area (Å²) < 4.78 is 34.3. The topological polar surface area (TPSA) is 83.5 Å². The van der Waals surface area contributed by atoms with Gasteiger partial charge in [0, 0.05) is 6.42 Å². The van der Waals surface area contributed by atoms with Crippen LogP contribution in [-0.4, -0.2) is 18.9 Å². The van der Waals surface area contributed by atoms with Crippen molar-refractivity contribution in [3.05, 3.63) is 12.2 Å². The fraction of sp³-hybridized carbons (Fsp3) is 0.833. The van der Waals surface area contributed by atoms with Crippen LogP contribution in [0.2, 0.25) is 0 Å². The van der Waals surface area contributed by atoms with E-state index in [1.807, 2.05) is 0 Å². The predicted molar refractivity (Wildman–Crippen MR) is 95.2 cm³/mol. The van der Waals surface area contributed by atoms with Gasteiger partial charge in [-0.25, -0.2) is 8.42 Å². The van der Waals surface area contributed by atoms with E-state index in [0.29, 0.717) is 6.42 Å². The molecule has 0 amide bonds. The van der Waals surface area contributed by atoms with E-state index in [1.165, 1.54) is 44.9 Å². The molecule has 142 valence electrons. The summed E-state index contributed by atoms with van der Waals surface area (Å²) in [7, 11) is -4.90. The summed E-state index contributed by atoms with van der Waals surface area (Å²) in [5.41, 5.74) is 0. The van der Waals surface area contributed by atoms with Gasteiger partial charge in [0.15, 0.2) is 0 Å². The number of hydrogen-bond acceptors (Lipinski definition) is 5. The van der Waals surface area contributed by atoms with E-state index in [-0.39, 0.29) is 36.0 Å². The molecule has 0 aromatic heterocycles. The number of carbonyl (C=O) groups is 1. The quantitative estimate of drug-likeness (QED) is 0.134. The molecule has 5 nitrogen and oxygen atoms in total. The van der Waals surface area contributed by atoms with E-state index in [1.54, 1.807) is 0 Å². The van der Waals surface area contributed by atoms with E-state index in [4.69, 9.17) is 0 Å². The van der Waals surface area contributed by atoms with E-state index in [9.17, 15) is 17.8 Å². The molecule has 0 aliphatic carbocycles. The molecule has 0 aromatic carbocycles. The molecule has 0 heterocycles. The first-order valence-electron chi connectivity index (χ1n) is 9.29. The summed E-state index contributed by atoms with van der Waals surface area (Å²) in [5, 5.41) is 0. The van der Waals surface area contributed by atoms with Crippen molar-refractivity contribution in [2.75, 3.05) is 0 Å². The Morgan fingerprint density at radius 3 is 1.76 bits per heavy atom. The summed E-state index contributed by atoms with van der Waals surface area (Å²) in [6, 6.07) is 0. The number of hydrogen-bond donors (Lipinski definition) is 0. The monoisotopic (exact) mass is 384 g/mol. The molecule has 0 aromatic rings. The SMILES string of the molecule is CCCCCCCC/C=C\CCCCCCCC(=O)OS(=O)(=O)[O-].[Na+]. The number of unbranched alkanes of at least 4 members (excludes halogenated alkanes) is 11.